The van der Waals surface area contributed by atoms with E-state index in [1.165, 1.54) is 108 Å². The summed E-state index contributed by atoms with van der Waals surface area (Å²) in [6, 6.07) is 0. The first-order chi connectivity index (χ1) is 20.4. The van der Waals surface area contributed by atoms with Gasteiger partial charge in [-0.1, -0.05) is 116 Å². The lowest BCUT2D eigenvalue weighted by Gasteiger charge is -2.33. The minimum absolute atomic E-state index is 0.0736. The van der Waals surface area contributed by atoms with Crippen LogP contribution in [0.1, 0.15) is 122 Å². The minimum atomic E-state index is -1.60. The first-order valence-corrected chi connectivity index (χ1v) is 15.9. The third-order valence-electron chi connectivity index (χ3n) is 7.95. The van der Waals surface area contributed by atoms with E-state index in [9.17, 15) is 14.3 Å². The van der Waals surface area contributed by atoms with Crippen molar-refractivity contribution in [1.82, 2.24) is 19.5 Å². The Morgan fingerprint density at radius 3 is 2.00 bits per heavy atom. The number of nitrogen functional groups attached to an aromatic ring is 1. The summed E-state index contributed by atoms with van der Waals surface area (Å²) in [6.07, 6.45) is 26.6. The number of ether oxygens (including phenoxy) is 2. The van der Waals surface area contributed by atoms with Crippen molar-refractivity contribution < 1.29 is 23.8 Å². The summed E-state index contributed by atoms with van der Waals surface area (Å²) in [5.74, 6) is 1.86. The van der Waals surface area contributed by atoms with Crippen LogP contribution in [0.4, 0.5) is 10.2 Å². The maximum absolute atomic E-state index is 13.8. The van der Waals surface area contributed by atoms with Crippen LogP contribution >= 0.6 is 0 Å². The Morgan fingerprint density at radius 2 is 1.52 bits per heavy atom. The van der Waals surface area contributed by atoms with Crippen LogP contribution in [0, 0.1) is 18.4 Å². The first kappa shape index (κ1) is 35.4. The maximum Gasteiger partial charge on any atom is 0.312 e. The van der Waals surface area contributed by atoms with Gasteiger partial charge in [0.05, 0.1) is 19.5 Å². The van der Waals surface area contributed by atoms with Gasteiger partial charge in [-0.15, -0.1) is 6.42 Å². The van der Waals surface area contributed by atoms with Crippen LogP contribution in [0.3, 0.4) is 0 Å². The standard InChI is InChI=1S/C32H52FN5O4/c1-4-6-7-8-9-10-11-12-13-14-15-16-17-18-19-20-21-22-27(40)42-26(32(5-2,24-39)41-3)23-38-25-35-28-29(34)36-31(33)37-30(28)38/h2,25-26,39H,4,6-24H2,1,3H3,(H2,34,36,37)/t26-,32?/m0/s1. The summed E-state index contributed by atoms with van der Waals surface area (Å²) >= 11 is 0. The fourth-order valence-corrected chi connectivity index (χ4v) is 5.24. The molecule has 236 valence electrons. The number of halogens is 1. The number of carbonyl (C=O) groups is 1. The van der Waals surface area contributed by atoms with Crippen molar-refractivity contribution in [2.75, 3.05) is 19.5 Å². The largest absolute Gasteiger partial charge is 0.456 e. The Hall–Kier alpha value is -2.77. The van der Waals surface area contributed by atoms with Gasteiger partial charge in [0.2, 0.25) is 0 Å². The predicted molar refractivity (Wildman–Crippen MR) is 164 cm³/mol. The monoisotopic (exact) mass is 589 g/mol. The van der Waals surface area contributed by atoms with E-state index >= 15 is 0 Å². The molecule has 1 unspecified atom stereocenters. The highest BCUT2D eigenvalue weighted by molar-refractivity contribution is 5.81. The van der Waals surface area contributed by atoms with Gasteiger partial charge in [0.15, 0.2) is 23.2 Å². The maximum atomic E-state index is 13.8. The quantitative estimate of drug-likeness (QED) is 0.0614. The molecule has 0 amide bonds. The van der Waals surface area contributed by atoms with Gasteiger partial charge in [-0.3, -0.25) is 4.79 Å². The Bertz CT molecular complexity index is 1080. The Kier molecular flexibility index (Phi) is 17.0. The Balaban J connectivity index is 1.67. The number of hydrogen-bond acceptors (Lipinski definition) is 8. The van der Waals surface area contributed by atoms with Crippen LogP contribution in [0.2, 0.25) is 0 Å². The normalized spacial score (nSPS) is 13.6. The number of carbonyl (C=O) groups excluding carboxylic acids is 1. The zero-order valence-electron chi connectivity index (χ0n) is 25.8. The van der Waals surface area contributed by atoms with Crippen LogP contribution in [0.5, 0.6) is 0 Å². The molecular formula is C32H52FN5O4. The van der Waals surface area contributed by atoms with Crippen molar-refractivity contribution in [2.45, 2.75) is 141 Å². The van der Waals surface area contributed by atoms with Gasteiger partial charge in [-0.25, -0.2) is 4.98 Å². The lowest BCUT2D eigenvalue weighted by atomic mass is 9.97. The highest BCUT2D eigenvalue weighted by Gasteiger charge is 2.40. The van der Waals surface area contributed by atoms with Gasteiger partial charge >= 0.3 is 12.0 Å². The third-order valence-corrected chi connectivity index (χ3v) is 7.95. The van der Waals surface area contributed by atoms with E-state index in [0.29, 0.717) is 6.42 Å². The zero-order chi connectivity index (χ0) is 30.6. The topological polar surface area (TPSA) is 125 Å². The second-order valence-electron chi connectivity index (χ2n) is 11.2. The van der Waals surface area contributed by atoms with E-state index in [0.717, 1.165) is 12.8 Å². The molecule has 2 aromatic rings. The molecule has 0 saturated carbocycles. The van der Waals surface area contributed by atoms with Gasteiger partial charge in [0.25, 0.3) is 0 Å². The SMILES string of the molecule is C#CC(CO)(OC)[C@H](Cn1cnc2c(N)nc(F)nc21)OC(=O)CCCCCCCCCCCCCCCCCCC. The van der Waals surface area contributed by atoms with Crippen molar-refractivity contribution >= 4 is 23.0 Å². The number of aromatic nitrogens is 4. The smallest absolute Gasteiger partial charge is 0.312 e. The van der Waals surface area contributed by atoms with Gasteiger partial charge in [-0.05, 0) is 6.42 Å². The molecule has 10 heteroatoms. The van der Waals surface area contributed by atoms with E-state index in [2.05, 4.69) is 27.8 Å². The average molecular weight is 590 g/mol. The first-order valence-electron chi connectivity index (χ1n) is 15.9. The number of rotatable bonds is 24. The number of aliphatic hydroxyl groups excluding tert-OH is 1. The fraction of sp³-hybridized carbons (Fsp3) is 0.750. The lowest BCUT2D eigenvalue weighted by molar-refractivity contribution is -0.168. The fourth-order valence-electron chi connectivity index (χ4n) is 5.24. The van der Waals surface area contributed by atoms with Crippen molar-refractivity contribution in [1.29, 1.82) is 0 Å². The van der Waals surface area contributed by atoms with E-state index in [1.54, 1.807) is 0 Å². The van der Waals surface area contributed by atoms with E-state index in [-0.39, 0.29) is 29.9 Å². The zero-order valence-corrected chi connectivity index (χ0v) is 25.8. The average Bonchev–Trinajstić information content (AvgIpc) is 3.38. The van der Waals surface area contributed by atoms with Crippen LogP contribution in [0.25, 0.3) is 11.2 Å². The highest BCUT2D eigenvalue weighted by Crippen LogP contribution is 2.24. The number of aliphatic hydroxyl groups is 1. The summed E-state index contributed by atoms with van der Waals surface area (Å²) in [4.78, 5) is 24.1. The minimum Gasteiger partial charge on any atom is -0.456 e. The molecule has 2 rings (SSSR count). The third kappa shape index (κ3) is 11.8. The number of anilines is 1. The summed E-state index contributed by atoms with van der Waals surface area (Å²) in [5, 5.41) is 10.0. The molecule has 0 spiro atoms. The number of imidazole rings is 1. The van der Waals surface area contributed by atoms with E-state index in [1.807, 2.05) is 0 Å². The van der Waals surface area contributed by atoms with Crippen molar-refractivity contribution in [3.8, 4) is 12.3 Å². The van der Waals surface area contributed by atoms with Crippen molar-refractivity contribution in [2.24, 2.45) is 0 Å². The second-order valence-corrected chi connectivity index (χ2v) is 11.2. The Morgan fingerprint density at radius 1 is 1.00 bits per heavy atom. The number of unbranched alkanes of at least 4 members (excludes halogenated alkanes) is 16. The van der Waals surface area contributed by atoms with Crippen molar-refractivity contribution in [3.05, 3.63) is 12.4 Å². The van der Waals surface area contributed by atoms with Crippen LogP contribution in [-0.2, 0) is 20.8 Å². The molecular weight excluding hydrogens is 537 g/mol. The molecule has 0 aromatic carbocycles. The van der Waals surface area contributed by atoms with Gasteiger partial charge in [0, 0.05) is 13.5 Å². The molecule has 3 N–H and O–H groups in total. The number of nitrogens with two attached hydrogens (primary N) is 1. The number of nitrogens with zero attached hydrogens (tertiary/aromatic N) is 4. The molecule has 0 radical (unpaired) electrons. The van der Waals surface area contributed by atoms with Crippen molar-refractivity contribution in [3.63, 3.8) is 0 Å². The molecule has 0 saturated heterocycles. The van der Waals surface area contributed by atoms with E-state index in [4.69, 9.17) is 21.6 Å². The molecule has 0 aliphatic heterocycles. The molecule has 0 fully saturated rings. The summed E-state index contributed by atoms with van der Waals surface area (Å²) < 4.78 is 26.4. The lowest BCUT2D eigenvalue weighted by Crippen LogP contribution is -2.50. The molecule has 0 bridgehead atoms. The second kappa shape index (κ2) is 20.2. The number of terminal acetylenes is 1. The summed E-state index contributed by atoms with van der Waals surface area (Å²) in [5.41, 5.74) is 4.48. The van der Waals surface area contributed by atoms with Gasteiger partial charge < -0.3 is 24.9 Å². The number of fused-ring (bicyclic) bond motifs is 1. The van der Waals surface area contributed by atoms with Crippen LogP contribution < -0.4 is 5.73 Å². The number of esters is 1. The molecule has 2 aromatic heterocycles. The van der Waals surface area contributed by atoms with Gasteiger partial charge in [-0.2, -0.15) is 14.4 Å². The molecule has 0 aliphatic carbocycles. The van der Waals surface area contributed by atoms with Crippen LogP contribution in [0.15, 0.2) is 6.33 Å². The molecule has 9 nitrogen and oxygen atoms in total. The van der Waals surface area contributed by atoms with Crippen LogP contribution in [-0.4, -0.2) is 56.0 Å². The Labute approximate surface area is 251 Å². The predicted octanol–water partition coefficient (Wildman–Crippen LogP) is 6.51. The highest BCUT2D eigenvalue weighted by atomic mass is 19.1. The molecule has 2 heterocycles. The molecule has 0 aliphatic rings. The van der Waals surface area contributed by atoms with E-state index < -0.39 is 30.4 Å². The number of hydrogen-bond donors (Lipinski definition) is 2. The summed E-state index contributed by atoms with van der Waals surface area (Å²) in [7, 11) is 1.33. The summed E-state index contributed by atoms with van der Waals surface area (Å²) in [6.45, 7) is 1.60. The number of methoxy groups -OCH3 is 1. The van der Waals surface area contributed by atoms with Gasteiger partial charge in [0.1, 0.15) is 5.52 Å². The molecule has 42 heavy (non-hydrogen) atoms. The molecule has 2 atom stereocenters.